The van der Waals surface area contributed by atoms with Crippen molar-refractivity contribution in [2.75, 3.05) is 27.9 Å². The summed E-state index contributed by atoms with van der Waals surface area (Å²) in [4.78, 5) is 24.4. The van der Waals surface area contributed by atoms with Gasteiger partial charge in [-0.3, -0.25) is 4.79 Å². The van der Waals surface area contributed by atoms with Crippen LogP contribution in [0.15, 0.2) is 71.8 Å². The molecule has 176 valence electrons. The van der Waals surface area contributed by atoms with E-state index in [1.54, 1.807) is 73.8 Å². The first-order valence-corrected chi connectivity index (χ1v) is 10.2. The molecule has 0 radical (unpaired) electrons. The Balaban J connectivity index is 1.56. The number of nitrogens with one attached hydrogen (secondary N) is 1. The van der Waals surface area contributed by atoms with Crippen molar-refractivity contribution in [3.8, 4) is 28.7 Å². The largest absolute Gasteiger partial charge is 0.497 e. The Morgan fingerprint density at radius 1 is 0.824 bits per heavy atom. The van der Waals surface area contributed by atoms with Gasteiger partial charge in [0.05, 0.1) is 33.1 Å². The average molecular weight is 464 g/mol. The van der Waals surface area contributed by atoms with Crippen LogP contribution in [0.3, 0.4) is 0 Å². The van der Waals surface area contributed by atoms with Crippen molar-refractivity contribution in [1.29, 1.82) is 0 Å². The second kappa shape index (κ2) is 11.9. The fourth-order valence-electron chi connectivity index (χ4n) is 2.83. The van der Waals surface area contributed by atoms with Gasteiger partial charge in [0.15, 0.2) is 29.6 Å². The van der Waals surface area contributed by atoms with Crippen LogP contribution in [-0.2, 0) is 4.79 Å². The molecule has 0 aliphatic heterocycles. The number of hydrazone groups is 1. The number of rotatable bonds is 10. The van der Waals surface area contributed by atoms with Crippen molar-refractivity contribution in [3.63, 3.8) is 0 Å². The zero-order valence-electron chi connectivity index (χ0n) is 18.9. The summed E-state index contributed by atoms with van der Waals surface area (Å²) in [6, 6.07) is 18.4. The van der Waals surface area contributed by atoms with E-state index in [1.807, 2.05) is 0 Å². The molecule has 0 aliphatic carbocycles. The fourth-order valence-corrected chi connectivity index (χ4v) is 2.83. The molecule has 0 aromatic heterocycles. The molecular weight excluding hydrogens is 440 g/mol. The molecule has 1 N–H and O–H groups in total. The molecule has 1 amide bonds. The lowest BCUT2D eigenvalue weighted by atomic mass is 10.2. The number of ether oxygens (including phenoxy) is 5. The van der Waals surface area contributed by atoms with E-state index in [1.165, 1.54) is 20.4 Å². The number of nitrogens with zero attached hydrogens (tertiary/aromatic N) is 1. The van der Waals surface area contributed by atoms with Crippen LogP contribution in [-0.4, -0.2) is 46.0 Å². The van der Waals surface area contributed by atoms with Gasteiger partial charge in [0.25, 0.3) is 5.91 Å². The topological polar surface area (TPSA) is 105 Å². The summed E-state index contributed by atoms with van der Waals surface area (Å²) in [5.41, 5.74) is 3.37. The molecule has 0 bridgehead atoms. The summed E-state index contributed by atoms with van der Waals surface area (Å²) in [7, 11) is 4.52. The highest BCUT2D eigenvalue weighted by molar-refractivity contribution is 5.92. The summed E-state index contributed by atoms with van der Waals surface area (Å²) >= 11 is 0. The zero-order chi connectivity index (χ0) is 24.3. The maximum absolute atomic E-state index is 12.4. The second-order valence-electron chi connectivity index (χ2n) is 6.76. The standard InChI is InChI=1S/C25H24N2O7/c1-30-19-11-9-18(10-12-19)25(29)34-22-13-8-17(14-23(22)32-3)15-26-27-24(28)16-33-21-7-5-4-6-20(21)31-2/h4-15H,16H2,1-3H3,(H,27,28)/b26-15-. The van der Waals surface area contributed by atoms with E-state index in [-0.39, 0.29) is 12.4 Å². The number of benzene rings is 3. The van der Waals surface area contributed by atoms with Gasteiger partial charge >= 0.3 is 5.97 Å². The highest BCUT2D eigenvalue weighted by Crippen LogP contribution is 2.29. The summed E-state index contributed by atoms with van der Waals surface area (Å²) in [5.74, 6) is 1.21. The van der Waals surface area contributed by atoms with E-state index in [0.29, 0.717) is 34.1 Å². The lowest BCUT2D eigenvalue weighted by Gasteiger charge is -2.10. The third kappa shape index (κ3) is 6.49. The molecule has 0 heterocycles. The predicted octanol–water partition coefficient (Wildman–Crippen LogP) is 3.46. The van der Waals surface area contributed by atoms with Crippen molar-refractivity contribution in [1.82, 2.24) is 5.43 Å². The van der Waals surface area contributed by atoms with Gasteiger partial charge in [0.1, 0.15) is 5.75 Å². The first-order chi connectivity index (χ1) is 16.5. The van der Waals surface area contributed by atoms with Crippen LogP contribution in [0.25, 0.3) is 0 Å². The molecule has 0 aliphatic rings. The number of methoxy groups -OCH3 is 3. The molecule has 9 nitrogen and oxygen atoms in total. The summed E-state index contributed by atoms with van der Waals surface area (Å²) in [6.07, 6.45) is 1.43. The first kappa shape index (κ1) is 24.1. The molecule has 34 heavy (non-hydrogen) atoms. The van der Waals surface area contributed by atoms with Crippen LogP contribution in [0, 0.1) is 0 Å². The molecule has 3 aromatic rings. The first-order valence-electron chi connectivity index (χ1n) is 10.2. The minimum Gasteiger partial charge on any atom is -0.497 e. The predicted molar refractivity (Wildman–Crippen MR) is 125 cm³/mol. The zero-order valence-corrected chi connectivity index (χ0v) is 18.9. The summed E-state index contributed by atoms with van der Waals surface area (Å²) in [5, 5.41) is 3.92. The summed E-state index contributed by atoms with van der Waals surface area (Å²) < 4.78 is 26.5. The van der Waals surface area contributed by atoms with Crippen LogP contribution < -0.4 is 29.1 Å². The lowest BCUT2D eigenvalue weighted by Crippen LogP contribution is -2.24. The van der Waals surface area contributed by atoms with Crippen molar-refractivity contribution < 1.29 is 33.3 Å². The van der Waals surface area contributed by atoms with E-state index in [4.69, 9.17) is 23.7 Å². The van der Waals surface area contributed by atoms with Gasteiger partial charge < -0.3 is 23.7 Å². The van der Waals surface area contributed by atoms with Crippen molar-refractivity contribution in [2.24, 2.45) is 5.10 Å². The van der Waals surface area contributed by atoms with E-state index in [2.05, 4.69) is 10.5 Å². The molecule has 0 atom stereocenters. The van der Waals surface area contributed by atoms with Crippen LogP contribution in [0.5, 0.6) is 28.7 Å². The Kier molecular flexibility index (Phi) is 8.45. The van der Waals surface area contributed by atoms with Crippen LogP contribution >= 0.6 is 0 Å². The second-order valence-corrected chi connectivity index (χ2v) is 6.76. The number of hydrogen-bond donors (Lipinski definition) is 1. The monoisotopic (exact) mass is 464 g/mol. The Bertz CT molecular complexity index is 1160. The van der Waals surface area contributed by atoms with Crippen molar-refractivity contribution in [3.05, 3.63) is 77.9 Å². The fraction of sp³-hybridized carbons (Fsp3) is 0.160. The number of amides is 1. The van der Waals surface area contributed by atoms with Gasteiger partial charge in [0.2, 0.25) is 0 Å². The van der Waals surface area contributed by atoms with Crippen LogP contribution in [0.2, 0.25) is 0 Å². The van der Waals surface area contributed by atoms with E-state index in [9.17, 15) is 9.59 Å². The summed E-state index contributed by atoms with van der Waals surface area (Å²) in [6.45, 7) is -0.235. The molecule has 0 saturated carbocycles. The minimum atomic E-state index is -0.537. The molecule has 0 fully saturated rings. The molecule has 0 saturated heterocycles. The number of hydrogen-bond acceptors (Lipinski definition) is 8. The van der Waals surface area contributed by atoms with Gasteiger partial charge in [-0.05, 0) is 60.2 Å². The smallest absolute Gasteiger partial charge is 0.343 e. The van der Waals surface area contributed by atoms with E-state index >= 15 is 0 Å². The number of carbonyl (C=O) groups is 2. The third-order valence-corrected chi connectivity index (χ3v) is 4.55. The highest BCUT2D eigenvalue weighted by atomic mass is 16.6. The maximum Gasteiger partial charge on any atom is 0.343 e. The van der Waals surface area contributed by atoms with Gasteiger partial charge in [-0.1, -0.05) is 12.1 Å². The maximum atomic E-state index is 12.4. The third-order valence-electron chi connectivity index (χ3n) is 4.55. The van der Waals surface area contributed by atoms with Crippen LogP contribution in [0.1, 0.15) is 15.9 Å². The van der Waals surface area contributed by atoms with Crippen molar-refractivity contribution >= 4 is 18.1 Å². The normalized spacial score (nSPS) is 10.4. The molecule has 3 aromatic carbocycles. The number of para-hydroxylation sites is 2. The van der Waals surface area contributed by atoms with E-state index < -0.39 is 11.9 Å². The highest BCUT2D eigenvalue weighted by Gasteiger charge is 2.13. The van der Waals surface area contributed by atoms with Gasteiger partial charge in [-0.15, -0.1) is 0 Å². The van der Waals surface area contributed by atoms with Crippen LogP contribution in [0.4, 0.5) is 0 Å². The average Bonchev–Trinajstić information content (AvgIpc) is 2.88. The van der Waals surface area contributed by atoms with Gasteiger partial charge in [-0.2, -0.15) is 5.10 Å². The Morgan fingerprint density at radius 3 is 2.21 bits per heavy atom. The van der Waals surface area contributed by atoms with Gasteiger partial charge in [0, 0.05) is 0 Å². The quantitative estimate of drug-likeness (QED) is 0.212. The Hall–Kier alpha value is -4.53. The Labute approximate surface area is 196 Å². The van der Waals surface area contributed by atoms with E-state index in [0.717, 1.165) is 0 Å². The molecule has 0 spiro atoms. The van der Waals surface area contributed by atoms with Crippen molar-refractivity contribution in [2.45, 2.75) is 0 Å². The number of carbonyl (C=O) groups excluding carboxylic acids is 2. The molecule has 3 rings (SSSR count). The molecular formula is C25H24N2O7. The SMILES string of the molecule is COc1ccc(C(=O)Oc2ccc(/C=N\NC(=O)COc3ccccc3OC)cc2OC)cc1. The lowest BCUT2D eigenvalue weighted by molar-refractivity contribution is -0.123. The Morgan fingerprint density at radius 2 is 1.53 bits per heavy atom. The number of esters is 1. The molecule has 9 heteroatoms. The minimum absolute atomic E-state index is 0.235. The molecule has 0 unspecified atom stereocenters. The van der Waals surface area contributed by atoms with Gasteiger partial charge in [-0.25, -0.2) is 10.2 Å².